The van der Waals surface area contributed by atoms with Gasteiger partial charge in [0.1, 0.15) is 5.75 Å². The van der Waals surface area contributed by atoms with Gasteiger partial charge < -0.3 is 9.84 Å². The first-order chi connectivity index (χ1) is 6.27. The second kappa shape index (κ2) is 3.09. The zero-order valence-electron chi connectivity index (χ0n) is 7.06. The molecule has 1 aromatic carbocycles. The molecule has 1 unspecified atom stereocenters. The normalized spacial score (nSPS) is 19.2. The van der Waals surface area contributed by atoms with Crippen LogP contribution < -0.4 is 4.74 Å². The van der Waals surface area contributed by atoms with E-state index in [9.17, 15) is 4.79 Å². The highest BCUT2D eigenvalue weighted by atomic mass is 16.5. The monoisotopic (exact) mass is 178 g/mol. The largest absolute Gasteiger partial charge is 0.493 e. The molecule has 0 amide bonds. The number of rotatable bonds is 2. The van der Waals surface area contributed by atoms with Crippen LogP contribution in [0.5, 0.6) is 5.75 Å². The number of carbonyl (C=O) groups is 1. The van der Waals surface area contributed by atoms with Crippen LogP contribution in [0.2, 0.25) is 0 Å². The first-order valence-corrected chi connectivity index (χ1v) is 4.21. The predicted molar refractivity (Wildman–Crippen MR) is 46.9 cm³/mol. The van der Waals surface area contributed by atoms with Gasteiger partial charge in [0.2, 0.25) is 0 Å². The molecule has 3 nitrogen and oxygen atoms in total. The Kier molecular flexibility index (Phi) is 1.93. The molecule has 1 aliphatic heterocycles. The van der Waals surface area contributed by atoms with Crippen LogP contribution in [0.1, 0.15) is 17.9 Å². The van der Waals surface area contributed by atoms with Crippen molar-refractivity contribution in [1.29, 1.82) is 0 Å². The number of para-hydroxylation sites is 1. The molecular formula is C10H10O3. The first-order valence-electron chi connectivity index (χ1n) is 4.21. The summed E-state index contributed by atoms with van der Waals surface area (Å²) in [5.41, 5.74) is 1.02. The van der Waals surface area contributed by atoms with E-state index in [1.165, 1.54) is 0 Å². The van der Waals surface area contributed by atoms with Crippen molar-refractivity contribution in [3.63, 3.8) is 0 Å². The highest BCUT2D eigenvalue weighted by molar-refractivity contribution is 5.68. The highest BCUT2D eigenvalue weighted by Gasteiger charge is 2.25. The van der Waals surface area contributed by atoms with E-state index in [1.807, 2.05) is 24.3 Å². The highest BCUT2D eigenvalue weighted by Crippen LogP contribution is 2.35. The number of carboxylic acid groups (broad SMARTS) is 1. The zero-order chi connectivity index (χ0) is 9.26. The van der Waals surface area contributed by atoms with Crippen LogP contribution in [-0.4, -0.2) is 17.7 Å². The van der Waals surface area contributed by atoms with Crippen LogP contribution in [0.25, 0.3) is 0 Å². The Morgan fingerprint density at radius 2 is 2.31 bits per heavy atom. The lowest BCUT2D eigenvalue weighted by Gasteiger charge is -2.03. The van der Waals surface area contributed by atoms with Crippen LogP contribution >= 0.6 is 0 Å². The van der Waals surface area contributed by atoms with Gasteiger partial charge in [0.25, 0.3) is 0 Å². The summed E-state index contributed by atoms with van der Waals surface area (Å²) in [6.07, 6.45) is 0.150. The van der Waals surface area contributed by atoms with Crippen LogP contribution in [0.3, 0.4) is 0 Å². The van der Waals surface area contributed by atoms with Gasteiger partial charge in [0, 0.05) is 11.5 Å². The number of hydrogen-bond acceptors (Lipinski definition) is 2. The minimum absolute atomic E-state index is 0.0219. The molecule has 2 rings (SSSR count). The Balaban J connectivity index is 2.23. The summed E-state index contributed by atoms with van der Waals surface area (Å²) in [5.74, 6) is 0.0766. The third-order valence-corrected chi connectivity index (χ3v) is 2.22. The molecule has 13 heavy (non-hydrogen) atoms. The minimum atomic E-state index is -0.773. The third kappa shape index (κ3) is 1.49. The summed E-state index contributed by atoms with van der Waals surface area (Å²) >= 11 is 0. The van der Waals surface area contributed by atoms with Crippen LogP contribution in [0.15, 0.2) is 24.3 Å². The van der Waals surface area contributed by atoms with Gasteiger partial charge in [0.05, 0.1) is 13.0 Å². The van der Waals surface area contributed by atoms with Crippen molar-refractivity contribution in [3.05, 3.63) is 29.8 Å². The minimum Gasteiger partial charge on any atom is -0.493 e. The third-order valence-electron chi connectivity index (χ3n) is 2.22. The maximum absolute atomic E-state index is 10.5. The molecule has 1 aliphatic rings. The lowest BCUT2D eigenvalue weighted by Crippen LogP contribution is -2.07. The standard InChI is InChI=1S/C10H10O3/c11-10(12)5-7-6-13-9-4-2-1-3-8(7)9/h1-4,7H,5-6H2,(H,11,12). The number of aliphatic carboxylic acids is 1. The van der Waals surface area contributed by atoms with Gasteiger partial charge >= 0.3 is 5.97 Å². The number of hydrogen-bond donors (Lipinski definition) is 1. The van der Waals surface area contributed by atoms with E-state index in [1.54, 1.807) is 0 Å². The molecule has 0 radical (unpaired) electrons. The molecule has 0 saturated carbocycles. The van der Waals surface area contributed by atoms with Crippen LogP contribution in [0, 0.1) is 0 Å². The van der Waals surface area contributed by atoms with Gasteiger partial charge in [0.15, 0.2) is 0 Å². The molecule has 68 valence electrons. The summed E-state index contributed by atoms with van der Waals surface area (Å²) in [6, 6.07) is 7.59. The Morgan fingerprint density at radius 3 is 3.08 bits per heavy atom. The quantitative estimate of drug-likeness (QED) is 0.748. The van der Waals surface area contributed by atoms with Gasteiger partial charge in [-0.2, -0.15) is 0 Å². The van der Waals surface area contributed by atoms with Gasteiger partial charge in [-0.3, -0.25) is 4.79 Å². The average molecular weight is 178 g/mol. The van der Waals surface area contributed by atoms with E-state index in [4.69, 9.17) is 9.84 Å². The maximum Gasteiger partial charge on any atom is 0.304 e. The first kappa shape index (κ1) is 8.10. The fourth-order valence-corrected chi connectivity index (χ4v) is 1.61. The Morgan fingerprint density at radius 1 is 1.54 bits per heavy atom. The molecule has 0 spiro atoms. The van der Waals surface area contributed by atoms with E-state index >= 15 is 0 Å². The average Bonchev–Trinajstić information content (AvgIpc) is 2.48. The van der Waals surface area contributed by atoms with Crippen molar-refractivity contribution >= 4 is 5.97 Å². The van der Waals surface area contributed by atoms with E-state index in [-0.39, 0.29) is 12.3 Å². The van der Waals surface area contributed by atoms with Crippen molar-refractivity contribution in [2.24, 2.45) is 0 Å². The molecule has 0 fully saturated rings. The van der Waals surface area contributed by atoms with Gasteiger partial charge in [-0.25, -0.2) is 0 Å². The fraction of sp³-hybridized carbons (Fsp3) is 0.300. The number of ether oxygens (including phenoxy) is 1. The van der Waals surface area contributed by atoms with E-state index in [0.29, 0.717) is 6.61 Å². The Hall–Kier alpha value is -1.51. The molecule has 0 aromatic heterocycles. The lowest BCUT2D eigenvalue weighted by atomic mass is 9.98. The van der Waals surface area contributed by atoms with Gasteiger partial charge in [-0.15, -0.1) is 0 Å². The fourth-order valence-electron chi connectivity index (χ4n) is 1.61. The lowest BCUT2D eigenvalue weighted by molar-refractivity contribution is -0.137. The molecule has 1 heterocycles. The molecule has 0 saturated heterocycles. The van der Waals surface area contributed by atoms with E-state index in [0.717, 1.165) is 11.3 Å². The molecule has 0 aliphatic carbocycles. The van der Waals surface area contributed by atoms with Crippen molar-refractivity contribution in [2.45, 2.75) is 12.3 Å². The predicted octanol–water partition coefficient (Wildman–Crippen LogP) is 1.64. The summed E-state index contributed by atoms with van der Waals surface area (Å²) in [6.45, 7) is 0.492. The van der Waals surface area contributed by atoms with Crippen molar-refractivity contribution in [1.82, 2.24) is 0 Å². The summed E-state index contributed by atoms with van der Waals surface area (Å²) in [5, 5.41) is 8.64. The zero-order valence-corrected chi connectivity index (χ0v) is 7.06. The summed E-state index contributed by atoms with van der Waals surface area (Å²) < 4.78 is 5.35. The van der Waals surface area contributed by atoms with Crippen molar-refractivity contribution in [2.75, 3.05) is 6.61 Å². The maximum atomic E-state index is 10.5. The molecule has 1 aromatic rings. The second-order valence-electron chi connectivity index (χ2n) is 3.14. The smallest absolute Gasteiger partial charge is 0.304 e. The van der Waals surface area contributed by atoms with Crippen LogP contribution in [-0.2, 0) is 4.79 Å². The molecule has 1 N–H and O–H groups in total. The molecule has 0 bridgehead atoms. The van der Waals surface area contributed by atoms with Crippen LogP contribution in [0.4, 0.5) is 0 Å². The Labute approximate surface area is 76.0 Å². The van der Waals surface area contributed by atoms with Gasteiger partial charge in [-0.05, 0) is 6.07 Å². The Bertz CT molecular complexity index is 333. The van der Waals surface area contributed by atoms with Gasteiger partial charge in [-0.1, -0.05) is 18.2 Å². The number of benzene rings is 1. The van der Waals surface area contributed by atoms with Crippen molar-refractivity contribution < 1.29 is 14.6 Å². The summed E-state index contributed by atoms with van der Waals surface area (Å²) in [4.78, 5) is 10.5. The van der Waals surface area contributed by atoms with E-state index < -0.39 is 5.97 Å². The molecule has 1 atom stereocenters. The molecular weight excluding hydrogens is 168 g/mol. The SMILES string of the molecule is O=C(O)CC1COc2ccccc21. The number of fused-ring (bicyclic) bond motifs is 1. The second-order valence-corrected chi connectivity index (χ2v) is 3.14. The van der Waals surface area contributed by atoms with E-state index in [2.05, 4.69) is 0 Å². The number of carboxylic acids is 1. The molecule has 3 heteroatoms. The topological polar surface area (TPSA) is 46.5 Å². The van der Waals surface area contributed by atoms with Crippen molar-refractivity contribution in [3.8, 4) is 5.75 Å². The summed E-state index contributed by atoms with van der Waals surface area (Å²) in [7, 11) is 0.